The number of hydrogen-bond acceptors (Lipinski definition) is 3. The zero-order chi connectivity index (χ0) is 13.1. The molecule has 94 valence electrons. The minimum atomic E-state index is -1.12. The van der Waals surface area contributed by atoms with Crippen LogP contribution in [0.2, 0.25) is 0 Å². The fourth-order valence-corrected chi connectivity index (χ4v) is 2.70. The highest BCUT2D eigenvalue weighted by Crippen LogP contribution is 2.32. The van der Waals surface area contributed by atoms with E-state index in [2.05, 4.69) is 4.98 Å². The first kappa shape index (κ1) is 12.5. The summed E-state index contributed by atoms with van der Waals surface area (Å²) < 4.78 is 0. The number of carboxylic acids is 2. The smallest absolute Gasteiger partial charge is 0.317 e. The third-order valence-electron chi connectivity index (χ3n) is 2.46. The molecule has 0 radical (unpaired) electrons. The predicted octanol–water partition coefficient (Wildman–Crippen LogP) is 2.19. The first-order valence-corrected chi connectivity index (χ1v) is 6.13. The van der Waals surface area contributed by atoms with Gasteiger partial charge in [0.2, 0.25) is 0 Å². The van der Waals surface area contributed by atoms with E-state index in [1.165, 1.54) is 0 Å². The number of aliphatic carboxylic acids is 2. The Hall–Kier alpha value is -1.95. The number of benzene rings is 1. The second-order valence-electron chi connectivity index (χ2n) is 3.74. The summed E-state index contributed by atoms with van der Waals surface area (Å²) in [6.45, 7) is 0. The number of fused-ring (bicyclic) bond motifs is 1. The Morgan fingerprint density at radius 1 is 1.28 bits per heavy atom. The van der Waals surface area contributed by atoms with Gasteiger partial charge in [-0.2, -0.15) is 0 Å². The van der Waals surface area contributed by atoms with Gasteiger partial charge >= 0.3 is 11.9 Å². The number of rotatable bonds is 5. The number of nitrogens with one attached hydrogen (secondary N) is 1. The van der Waals surface area contributed by atoms with Crippen molar-refractivity contribution >= 4 is 34.6 Å². The van der Waals surface area contributed by atoms with Gasteiger partial charge in [-0.25, -0.2) is 0 Å². The second-order valence-corrected chi connectivity index (χ2v) is 4.99. The zero-order valence-corrected chi connectivity index (χ0v) is 10.1. The fraction of sp³-hybridized carbons (Fsp3) is 0.167. The molecule has 0 saturated carbocycles. The number of hydrogen-bond donors (Lipinski definition) is 3. The SMILES string of the molecule is O=C(O)C[C@@H](Sc1c[nH]c2ccccc12)C(=O)O. The van der Waals surface area contributed by atoms with Crippen molar-refractivity contribution in [2.75, 3.05) is 0 Å². The molecule has 0 unspecified atom stereocenters. The molecule has 5 nitrogen and oxygen atoms in total. The summed E-state index contributed by atoms with van der Waals surface area (Å²) in [5.74, 6) is -2.23. The average Bonchev–Trinajstić information content (AvgIpc) is 2.71. The van der Waals surface area contributed by atoms with E-state index in [4.69, 9.17) is 10.2 Å². The van der Waals surface area contributed by atoms with Crippen LogP contribution in [0.15, 0.2) is 35.4 Å². The van der Waals surface area contributed by atoms with E-state index in [-0.39, 0.29) is 0 Å². The predicted molar refractivity (Wildman–Crippen MR) is 67.8 cm³/mol. The Kier molecular flexibility index (Phi) is 3.57. The maximum Gasteiger partial charge on any atom is 0.317 e. The van der Waals surface area contributed by atoms with Gasteiger partial charge in [0.05, 0.1) is 6.42 Å². The Bertz CT molecular complexity index is 593. The molecule has 0 spiro atoms. The largest absolute Gasteiger partial charge is 0.481 e. The quantitative estimate of drug-likeness (QED) is 0.721. The molecule has 6 heteroatoms. The van der Waals surface area contributed by atoms with Gasteiger partial charge in [-0.15, -0.1) is 11.8 Å². The van der Waals surface area contributed by atoms with Crippen molar-refractivity contribution in [1.29, 1.82) is 0 Å². The molecule has 0 amide bonds. The number of carbonyl (C=O) groups is 2. The van der Waals surface area contributed by atoms with Crippen molar-refractivity contribution in [3.05, 3.63) is 30.5 Å². The summed E-state index contributed by atoms with van der Waals surface area (Å²) in [4.78, 5) is 25.4. The summed E-state index contributed by atoms with van der Waals surface area (Å²) in [6, 6.07) is 7.48. The Balaban J connectivity index is 2.26. The van der Waals surface area contributed by atoms with Crippen LogP contribution in [0.5, 0.6) is 0 Å². The van der Waals surface area contributed by atoms with Gasteiger partial charge in [-0.05, 0) is 6.07 Å². The van der Waals surface area contributed by atoms with Crippen LogP contribution in [-0.4, -0.2) is 32.4 Å². The normalized spacial score (nSPS) is 12.4. The zero-order valence-electron chi connectivity index (χ0n) is 9.29. The molecule has 1 heterocycles. The lowest BCUT2D eigenvalue weighted by atomic mass is 10.2. The summed E-state index contributed by atoms with van der Waals surface area (Å²) in [5, 5.41) is 17.6. The highest BCUT2D eigenvalue weighted by molar-refractivity contribution is 8.00. The van der Waals surface area contributed by atoms with Crippen LogP contribution in [0.1, 0.15) is 6.42 Å². The number of para-hydroxylation sites is 1. The van der Waals surface area contributed by atoms with Crippen molar-refractivity contribution in [3.8, 4) is 0 Å². The molecule has 0 aliphatic rings. The topological polar surface area (TPSA) is 90.4 Å². The van der Waals surface area contributed by atoms with Gasteiger partial charge in [0.1, 0.15) is 5.25 Å². The molecular formula is C12H11NO4S. The number of carboxylic acid groups (broad SMARTS) is 2. The summed E-state index contributed by atoms with van der Waals surface area (Å²) >= 11 is 1.05. The van der Waals surface area contributed by atoms with Crippen molar-refractivity contribution in [1.82, 2.24) is 4.98 Å². The van der Waals surface area contributed by atoms with E-state index in [0.717, 1.165) is 27.6 Å². The minimum Gasteiger partial charge on any atom is -0.481 e. The molecule has 1 atom stereocenters. The van der Waals surface area contributed by atoms with E-state index in [1.54, 1.807) is 6.20 Å². The van der Waals surface area contributed by atoms with Crippen molar-refractivity contribution < 1.29 is 19.8 Å². The lowest BCUT2D eigenvalue weighted by molar-refractivity contribution is -0.142. The van der Waals surface area contributed by atoms with Crippen LogP contribution in [0.25, 0.3) is 10.9 Å². The van der Waals surface area contributed by atoms with Crippen molar-refractivity contribution in [2.45, 2.75) is 16.6 Å². The number of H-pyrrole nitrogens is 1. The van der Waals surface area contributed by atoms with Crippen LogP contribution >= 0.6 is 11.8 Å². The molecule has 2 rings (SSSR count). The first-order valence-electron chi connectivity index (χ1n) is 5.25. The number of aromatic nitrogens is 1. The molecule has 0 bridgehead atoms. The van der Waals surface area contributed by atoms with Crippen molar-refractivity contribution in [3.63, 3.8) is 0 Å². The molecule has 0 fully saturated rings. The average molecular weight is 265 g/mol. The minimum absolute atomic E-state index is 0.403. The van der Waals surface area contributed by atoms with Crippen LogP contribution in [0.4, 0.5) is 0 Å². The third kappa shape index (κ3) is 2.65. The standard InChI is InChI=1S/C12H11NO4S/c14-11(15)5-9(12(16)17)18-10-6-13-8-4-2-1-3-7(8)10/h1-4,6,9,13H,5H2,(H,14,15)(H,16,17)/t9-/m1/s1. The van der Waals surface area contributed by atoms with Gasteiger partial charge in [-0.3, -0.25) is 9.59 Å². The number of thioether (sulfide) groups is 1. The first-order chi connectivity index (χ1) is 8.58. The van der Waals surface area contributed by atoms with Crippen LogP contribution in [0, 0.1) is 0 Å². The van der Waals surface area contributed by atoms with Crippen molar-refractivity contribution in [2.24, 2.45) is 0 Å². The Morgan fingerprint density at radius 2 is 2.00 bits per heavy atom. The van der Waals surface area contributed by atoms with E-state index in [1.807, 2.05) is 24.3 Å². The van der Waals surface area contributed by atoms with Gasteiger partial charge < -0.3 is 15.2 Å². The lowest BCUT2D eigenvalue weighted by Gasteiger charge is -2.08. The molecule has 3 N–H and O–H groups in total. The van der Waals surface area contributed by atoms with Crippen LogP contribution in [0.3, 0.4) is 0 Å². The number of aromatic amines is 1. The van der Waals surface area contributed by atoms with Gasteiger partial charge in [0.25, 0.3) is 0 Å². The van der Waals surface area contributed by atoms with E-state index < -0.39 is 23.6 Å². The van der Waals surface area contributed by atoms with E-state index in [9.17, 15) is 9.59 Å². The summed E-state index contributed by atoms with van der Waals surface area (Å²) in [7, 11) is 0. The monoisotopic (exact) mass is 265 g/mol. The third-order valence-corrected chi connectivity index (χ3v) is 3.70. The van der Waals surface area contributed by atoms with E-state index >= 15 is 0 Å². The Morgan fingerprint density at radius 3 is 2.67 bits per heavy atom. The molecule has 0 aliphatic heterocycles. The Labute approximate surface area is 107 Å². The molecule has 2 aromatic rings. The highest BCUT2D eigenvalue weighted by atomic mass is 32.2. The van der Waals surface area contributed by atoms with E-state index in [0.29, 0.717) is 0 Å². The van der Waals surface area contributed by atoms with Crippen LogP contribution in [-0.2, 0) is 9.59 Å². The lowest BCUT2D eigenvalue weighted by Crippen LogP contribution is -2.20. The molecular weight excluding hydrogens is 254 g/mol. The van der Waals surface area contributed by atoms with Gasteiger partial charge in [0.15, 0.2) is 0 Å². The molecule has 1 aromatic heterocycles. The highest BCUT2D eigenvalue weighted by Gasteiger charge is 2.23. The maximum absolute atomic E-state index is 11.0. The molecule has 0 aliphatic carbocycles. The summed E-state index contributed by atoms with van der Waals surface area (Å²) in [6.07, 6.45) is 1.30. The van der Waals surface area contributed by atoms with Crippen LogP contribution < -0.4 is 0 Å². The molecule has 18 heavy (non-hydrogen) atoms. The van der Waals surface area contributed by atoms with Gasteiger partial charge in [-0.1, -0.05) is 18.2 Å². The van der Waals surface area contributed by atoms with Gasteiger partial charge in [0, 0.05) is 22.0 Å². The molecule has 0 saturated heterocycles. The fourth-order valence-electron chi connectivity index (χ4n) is 1.63. The molecule has 1 aromatic carbocycles. The summed E-state index contributed by atoms with van der Waals surface area (Å²) in [5.41, 5.74) is 0.902. The maximum atomic E-state index is 11.0. The second kappa shape index (κ2) is 5.14.